The van der Waals surface area contributed by atoms with Crippen molar-refractivity contribution in [3.63, 3.8) is 0 Å². The first kappa shape index (κ1) is 26.7. The summed E-state index contributed by atoms with van der Waals surface area (Å²) in [6.07, 6.45) is 7.40. The van der Waals surface area contributed by atoms with Crippen LogP contribution in [0.2, 0.25) is 0 Å². The van der Waals surface area contributed by atoms with Gasteiger partial charge in [-0.1, -0.05) is 35.9 Å². The zero-order chi connectivity index (χ0) is 26.9. The molecule has 1 heterocycles. The first-order valence-electron chi connectivity index (χ1n) is 13.1. The molecule has 3 aliphatic rings. The van der Waals surface area contributed by atoms with Crippen molar-refractivity contribution in [2.75, 3.05) is 19.6 Å². The molecule has 1 saturated carbocycles. The van der Waals surface area contributed by atoms with E-state index in [9.17, 15) is 18.0 Å². The minimum absolute atomic E-state index is 0.0166. The third kappa shape index (κ3) is 6.20. The number of aryl methyl sites for hydroxylation is 1. The van der Waals surface area contributed by atoms with Crippen LogP contribution in [0.3, 0.4) is 0 Å². The number of allylic oxidation sites excluding steroid dienone is 2. The molecule has 0 radical (unpaired) electrons. The Balaban J connectivity index is 1.36. The number of benzene rings is 2. The summed E-state index contributed by atoms with van der Waals surface area (Å²) in [5.74, 6) is -0.410. The van der Waals surface area contributed by atoms with Crippen molar-refractivity contribution in [1.82, 2.24) is 14.9 Å². The lowest BCUT2D eigenvalue weighted by Crippen LogP contribution is -2.32. The molecule has 0 spiro atoms. The largest absolute Gasteiger partial charge is 0.348 e. The highest BCUT2D eigenvalue weighted by Gasteiger charge is 2.33. The molecule has 2 aromatic carbocycles. The van der Waals surface area contributed by atoms with Gasteiger partial charge in [-0.2, -0.15) is 0 Å². The maximum atomic E-state index is 13.3. The van der Waals surface area contributed by atoms with E-state index < -0.39 is 15.4 Å². The van der Waals surface area contributed by atoms with Gasteiger partial charge in [-0.3, -0.25) is 9.59 Å². The Labute approximate surface area is 229 Å². The van der Waals surface area contributed by atoms with Crippen LogP contribution in [-0.4, -0.2) is 56.2 Å². The zero-order valence-electron chi connectivity index (χ0n) is 21.4. The van der Waals surface area contributed by atoms with Gasteiger partial charge in [0.05, 0.1) is 10.3 Å². The summed E-state index contributed by atoms with van der Waals surface area (Å²) in [5, 5.41) is 2.25. The van der Waals surface area contributed by atoms with E-state index in [-0.39, 0.29) is 29.3 Å². The lowest BCUT2D eigenvalue weighted by atomic mass is 9.98. The molecular formula is C29H32ClN3O4S. The summed E-state index contributed by atoms with van der Waals surface area (Å²) in [4.78, 5) is 28.4. The molecule has 9 heteroatoms. The van der Waals surface area contributed by atoms with E-state index in [1.807, 2.05) is 48.2 Å². The third-order valence-electron chi connectivity index (χ3n) is 7.11. The maximum absolute atomic E-state index is 13.3. The third-order valence-corrected chi connectivity index (χ3v) is 9.32. The van der Waals surface area contributed by atoms with Crippen LogP contribution in [0.5, 0.6) is 0 Å². The fourth-order valence-corrected chi connectivity index (χ4v) is 6.80. The van der Waals surface area contributed by atoms with Crippen LogP contribution in [0.1, 0.15) is 58.4 Å². The van der Waals surface area contributed by atoms with Crippen molar-refractivity contribution in [1.29, 1.82) is 0 Å². The molecule has 38 heavy (non-hydrogen) atoms. The number of sulfonamides is 1. The van der Waals surface area contributed by atoms with Crippen molar-refractivity contribution in [2.45, 2.75) is 50.4 Å². The quantitative estimate of drug-likeness (QED) is 0.469. The number of amides is 2. The van der Waals surface area contributed by atoms with Crippen LogP contribution in [-0.2, 0) is 10.0 Å². The number of rotatable bonds is 8. The lowest BCUT2D eigenvalue weighted by molar-refractivity contribution is 0.0793. The number of hydrogen-bond donors (Lipinski definition) is 2. The number of hydrogen-bond acceptors (Lipinski definition) is 4. The molecule has 2 N–H and O–H groups in total. The van der Waals surface area contributed by atoms with Crippen molar-refractivity contribution < 1.29 is 18.0 Å². The Morgan fingerprint density at radius 2 is 1.68 bits per heavy atom. The zero-order valence-corrected chi connectivity index (χ0v) is 22.9. The summed E-state index contributed by atoms with van der Waals surface area (Å²) < 4.78 is 28.2. The molecule has 7 nitrogen and oxygen atoms in total. The van der Waals surface area contributed by atoms with E-state index in [0.29, 0.717) is 23.1 Å². The van der Waals surface area contributed by atoms with Crippen LogP contribution < -0.4 is 10.0 Å². The summed E-state index contributed by atoms with van der Waals surface area (Å²) in [5.41, 5.74) is 4.37. The molecule has 2 aromatic rings. The highest BCUT2D eigenvalue weighted by molar-refractivity contribution is 7.93. The molecule has 2 amide bonds. The number of carbonyl (C=O) groups excluding carboxylic acids is 2. The molecule has 0 aromatic heterocycles. The molecule has 5 rings (SSSR count). The smallest absolute Gasteiger partial charge is 0.253 e. The topological polar surface area (TPSA) is 95.6 Å². The summed E-state index contributed by atoms with van der Waals surface area (Å²) in [7, 11) is -3.67. The Morgan fingerprint density at radius 1 is 1.00 bits per heavy atom. The highest BCUT2D eigenvalue weighted by atomic mass is 35.5. The van der Waals surface area contributed by atoms with Crippen LogP contribution in [0.25, 0.3) is 11.1 Å². The molecule has 2 aliphatic carbocycles. The van der Waals surface area contributed by atoms with Gasteiger partial charge in [-0.05, 0) is 80.0 Å². The fraction of sp³-hybridized carbons (Fsp3) is 0.379. The van der Waals surface area contributed by atoms with Crippen molar-refractivity contribution in [2.24, 2.45) is 0 Å². The number of nitrogens with one attached hydrogen (secondary N) is 2. The normalized spacial score (nSPS) is 19.6. The number of halogens is 1. The predicted molar refractivity (Wildman–Crippen MR) is 150 cm³/mol. The summed E-state index contributed by atoms with van der Waals surface area (Å²) in [6, 6.07) is 13.2. The summed E-state index contributed by atoms with van der Waals surface area (Å²) in [6.45, 7) is 3.60. The molecule has 200 valence electrons. The van der Waals surface area contributed by atoms with Gasteiger partial charge in [-0.15, -0.1) is 11.6 Å². The van der Waals surface area contributed by atoms with Crippen molar-refractivity contribution in [3.05, 3.63) is 81.8 Å². The maximum Gasteiger partial charge on any atom is 0.253 e. The second-order valence-electron chi connectivity index (χ2n) is 10.3. The average Bonchev–Trinajstić information content (AvgIpc) is 3.53. The minimum atomic E-state index is -3.67. The Hall–Kier alpha value is -2.94. The Kier molecular flexibility index (Phi) is 7.75. The molecule has 1 unspecified atom stereocenters. The second-order valence-corrected chi connectivity index (χ2v) is 12.5. The summed E-state index contributed by atoms with van der Waals surface area (Å²) >= 11 is 6.33. The fourth-order valence-electron chi connectivity index (χ4n) is 4.74. The molecule has 1 aliphatic heterocycles. The van der Waals surface area contributed by atoms with E-state index >= 15 is 0 Å². The van der Waals surface area contributed by atoms with E-state index in [0.717, 1.165) is 55.5 Å². The SMILES string of the molecule is Cc1ccc(-c2cc(C(=O)NCC3=CCC(Cl)C(S(=O)(=O)NC4CC4)=C3)cc(C(=O)N3CCCC3)c2)cc1. The molecule has 1 saturated heterocycles. The lowest BCUT2D eigenvalue weighted by Gasteiger charge is -2.20. The first-order valence-corrected chi connectivity index (χ1v) is 15.0. The minimum Gasteiger partial charge on any atom is -0.348 e. The highest BCUT2D eigenvalue weighted by Crippen LogP contribution is 2.30. The second kappa shape index (κ2) is 11.0. The number of carbonyl (C=O) groups is 2. The molecular weight excluding hydrogens is 522 g/mol. The van der Waals surface area contributed by atoms with Crippen LogP contribution >= 0.6 is 11.6 Å². The van der Waals surface area contributed by atoms with E-state index in [2.05, 4.69) is 10.0 Å². The van der Waals surface area contributed by atoms with Gasteiger partial charge in [0, 0.05) is 36.8 Å². The van der Waals surface area contributed by atoms with Crippen molar-refractivity contribution in [3.8, 4) is 11.1 Å². The van der Waals surface area contributed by atoms with Gasteiger partial charge in [0.15, 0.2) is 0 Å². The predicted octanol–water partition coefficient (Wildman–Crippen LogP) is 4.53. The van der Waals surface area contributed by atoms with Crippen LogP contribution in [0, 0.1) is 6.92 Å². The Bertz CT molecular complexity index is 1410. The molecule has 0 bridgehead atoms. The molecule has 2 fully saturated rings. The van der Waals surface area contributed by atoms with Gasteiger partial charge >= 0.3 is 0 Å². The van der Waals surface area contributed by atoms with Gasteiger partial charge in [0.2, 0.25) is 10.0 Å². The average molecular weight is 554 g/mol. The van der Waals surface area contributed by atoms with Crippen LogP contribution in [0.4, 0.5) is 0 Å². The Morgan fingerprint density at radius 3 is 2.37 bits per heavy atom. The van der Waals surface area contributed by atoms with Crippen LogP contribution in [0.15, 0.2) is 65.1 Å². The van der Waals surface area contributed by atoms with Gasteiger partial charge in [-0.25, -0.2) is 13.1 Å². The van der Waals surface area contributed by atoms with Gasteiger partial charge in [0.25, 0.3) is 11.8 Å². The first-order chi connectivity index (χ1) is 18.2. The monoisotopic (exact) mass is 553 g/mol. The van der Waals surface area contributed by atoms with E-state index in [1.165, 1.54) is 0 Å². The van der Waals surface area contributed by atoms with E-state index in [1.54, 1.807) is 18.2 Å². The van der Waals surface area contributed by atoms with Crippen molar-refractivity contribution >= 4 is 33.4 Å². The number of nitrogens with zero attached hydrogens (tertiary/aromatic N) is 1. The van der Waals surface area contributed by atoms with Gasteiger partial charge < -0.3 is 10.2 Å². The number of likely N-dealkylation sites (tertiary alicyclic amines) is 1. The standard InChI is InChI=1S/C29H32ClN3O4S/c1-19-4-7-21(8-5-19)22-15-23(17-24(16-22)29(35)33-12-2-3-13-33)28(34)31-18-20-6-11-26(30)27(14-20)38(36,37)32-25-9-10-25/h4-8,14-17,25-26,32H,2-3,9-13,18H2,1H3,(H,31,34). The van der Waals surface area contributed by atoms with E-state index in [4.69, 9.17) is 11.6 Å². The number of alkyl halides is 1. The molecule has 1 atom stereocenters. The van der Waals surface area contributed by atoms with Gasteiger partial charge in [0.1, 0.15) is 0 Å².